The zero-order chi connectivity index (χ0) is 20.1. The molecule has 7 nitrogen and oxygen atoms in total. The van der Waals surface area contributed by atoms with Gasteiger partial charge in [-0.25, -0.2) is 13.8 Å². The maximum atomic E-state index is 13.1. The van der Waals surface area contributed by atoms with Crippen molar-refractivity contribution in [3.8, 4) is 6.07 Å². The number of aryl methyl sites for hydroxylation is 1. The fraction of sp³-hybridized carbons (Fsp3) is 0.368. The Morgan fingerprint density at radius 3 is 2.41 bits per heavy atom. The fourth-order valence-electron chi connectivity index (χ4n) is 2.76. The molecule has 1 aromatic carbocycles. The Morgan fingerprint density at radius 2 is 1.89 bits per heavy atom. The Labute approximate surface area is 155 Å². The summed E-state index contributed by atoms with van der Waals surface area (Å²) in [7, 11) is 0. The maximum Gasteiger partial charge on any atom is 0.331 e. The highest BCUT2D eigenvalue weighted by Crippen LogP contribution is 2.21. The third-order valence-corrected chi connectivity index (χ3v) is 4.21. The summed E-state index contributed by atoms with van der Waals surface area (Å²) in [5, 5.41) is 11.8. The van der Waals surface area contributed by atoms with Gasteiger partial charge < -0.3 is 5.32 Å². The molecule has 8 heteroatoms. The summed E-state index contributed by atoms with van der Waals surface area (Å²) in [5.74, 6) is -0.934. The monoisotopic (exact) mass is 372 g/mol. The van der Waals surface area contributed by atoms with Gasteiger partial charge in [0.1, 0.15) is 24.0 Å². The lowest BCUT2D eigenvalue weighted by molar-refractivity contribution is -0.122. The van der Waals surface area contributed by atoms with Gasteiger partial charge in [0, 0.05) is 12.7 Å². The van der Waals surface area contributed by atoms with Gasteiger partial charge >= 0.3 is 5.69 Å². The summed E-state index contributed by atoms with van der Waals surface area (Å²) >= 11 is 0. The van der Waals surface area contributed by atoms with E-state index >= 15 is 0 Å². The normalized spacial score (nSPS) is 11.9. The van der Waals surface area contributed by atoms with Crippen molar-refractivity contribution in [3.05, 3.63) is 68.2 Å². The van der Waals surface area contributed by atoms with E-state index in [0.29, 0.717) is 5.56 Å². The molecule has 142 valence electrons. The van der Waals surface area contributed by atoms with Crippen molar-refractivity contribution >= 4 is 5.91 Å². The number of nitrogens with one attached hydrogen (secondary N) is 1. The summed E-state index contributed by atoms with van der Waals surface area (Å²) in [6.45, 7) is 5.24. The number of nitriles is 1. The minimum atomic E-state index is -0.801. The standard InChI is InChI=1S/C19H21FN4O3/c1-4-23-10-14(9-21)18(26)24(19(23)27)11-16(25)22-17(12(2)3)13-5-7-15(20)8-6-13/h5-8,10,12,17H,4,11H2,1-3H3,(H,22,25). The number of carbonyl (C=O) groups is 1. The van der Waals surface area contributed by atoms with Crippen LogP contribution in [0.4, 0.5) is 4.39 Å². The second kappa shape index (κ2) is 8.45. The van der Waals surface area contributed by atoms with Gasteiger partial charge in [-0.15, -0.1) is 0 Å². The lowest BCUT2D eigenvalue weighted by Gasteiger charge is -2.23. The van der Waals surface area contributed by atoms with Crippen molar-refractivity contribution < 1.29 is 9.18 Å². The molecule has 27 heavy (non-hydrogen) atoms. The summed E-state index contributed by atoms with van der Waals surface area (Å²) in [4.78, 5) is 37.1. The van der Waals surface area contributed by atoms with E-state index in [1.165, 1.54) is 22.9 Å². The molecule has 0 bridgehead atoms. The van der Waals surface area contributed by atoms with Crippen molar-refractivity contribution in [3.63, 3.8) is 0 Å². The molecule has 1 aromatic heterocycles. The minimum Gasteiger partial charge on any atom is -0.347 e. The van der Waals surface area contributed by atoms with Crippen LogP contribution < -0.4 is 16.6 Å². The van der Waals surface area contributed by atoms with Gasteiger partial charge in [0.2, 0.25) is 5.91 Å². The first kappa shape index (κ1) is 20.1. The zero-order valence-electron chi connectivity index (χ0n) is 15.4. The first-order valence-corrected chi connectivity index (χ1v) is 8.57. The van der Waals surface area contributed by atoms with Crippen LogP contribution in [-0.2, 0) is 17.9 Å². The number of hydrogen-bond acceptors (Lipinski definition) is 4. The molecule has 0 aliphatic carbocycles. The number of hydrogen-bond donors (Lipinski definition) is 1. The average Bonchev–Trinajstić information content (AvgIpc) is 2.64. The van der Waals surface area contributed by atoms with Gasteiger partial charge in [0.15, 0.2) is 0 Å². The van der Waals surface area contributed by atoms with E-state index in [9.17, 15) is 18.8 Å². The van der Waals surface area contributed by atoms with E-state index in [2.05, 4.69) is 5.32 Å². The second-order valence-corrected chi connectivity index (χ2v) is 6.46. The first-order valence-electron chi connectivity index (χ1n) is 8.57. The molecule has 0 fully saturated rings. The van der Waals surface area contributed by atoms with Gasteiger partial charge in [-0.2, -0.15) is 5.26 Å². The Hall–Kier alpha value is -3.21. The number of nitrogens with zero attached hydrogens (tertiary/aromatic N) is 3. The largest absolute Gasteiger partial charge is 0.347 e. The molecule has 0 aliphatic rings. The fourth-order valence-corrected chi connectivity index (χ4v) is 2.76. The van der Waals surface area contributed by atoms with E-state index in [0.717, 1.165) is 4.57 Å². The predicted molar refractivity (Wildman–Crippen MR) is 97.5 cm³/mol. The van der Waals surface area contributed by atoms with E-state index < -0.39 is 29.7 Å². The molecule has 0 saturated carbocycles. The van der Waals surface area contributed by atoms with Crippen LogP contribution in [0.2, 0.25) is 0 Å². The molecule has 1 amide bonds. The SMILES string of the molecule is CCn1cc(C#N)c(=O)n(CC(=O)NC(c2ccc(F)cc2)C(C)C)c1=O. The highest BCUT2D eigenvalue weighted by molar-refractivity contribution is 5.76. The van der Waals surface area contributed by atoms with E-state index in [1.54, 1.807) is 25.1 Å². The molecule has 1 atom stereocenters. The van der Waals surface area contributed by atoms with Crippen LogP contribution in [0.15, 0.2) is 40.1 Å². The van der Waals surface area contributed by atoms with Crippen LogP contribution in [0.3, 0.4) is 0 Å². The summed E-state index contributed by atoms with van der Waals surface area (Å²) in [6.07, 6.45) is 1.19. The van der Waals surface area contributed by atoms with Crippen LogP contribution in [0, 0.1) is 23.1 Å². The summed E-state index contributed by atoms with van der Waals surface area (Å²) in [6, 6.07) is 7.08. The second-order valence-electron chi connectivity index (χ2n) is 6.46. The number of amides is 1. The van der Waals surface area contributed by atoms with Crippen molar-refractivity contribution in [1.82, 2.24) is 14.5 Å². The minimum absolute atomic E-state index is 0.00567. The molecule has 1 N–H and O–H groups in total. The predicted octanol–water partition coefficient (Wildman–Crippen LogP) is 1.55. The molecule has 1 unspecified atom stereocenters. The molecule has 2 aromatic rings. The first-order chi connectivity index (χ1) is 12.8. The highest BCUT2D eigenvalue weighted by atomic mass is 19.1. The molecule has 0 saturated heterocycles. The number of aromatic nitrogens is 2. The van der Waals surface area contributed by atoms with Crippen LogP contribution in [-0.4, -0.2) is 15.0 Å². The van der Waals surface area contributed by atoms with Crippen molar-refractivity contribution in [1.29, 1.82) is 5.26 Å². The molecule has 0 aliphatic heterocycles. The topological polar surface area (TPSA) is 96.9 Å². The third kappa shape index (κ3) is 4.50. The number of halogens is 1. The Bertz CT molecular complexity index is 984. The summed E-state index contributed by atoms with van der Waals surface area (Å²) in [5.41, 5.74) is -0.947. The molecule has 2 rings (SSSR count). The lowest BCUT2D eigenvalue weighted by atomic mass is 9.96. The van der Waals surface area contributed by atoms with Gasteiger partial charge in [-0.05, 0) is 30.5 Å². The number of carbonyl (C=O) groups excluding carboxylic acids is 1. The van der Waals surface area contributed by atoms with Crippen molar-refractivity contribution in [2.45, 2.75) is 39.9 Å². The van der Waals surface area contributed by atoms with Gasteiger partial charge in [0.25, 0.3) is 5.56 Å². The van der Waals surface area contributed by atoms with E-state index in [-0.39, 0.29) is 23.8 Å². The maximum absolute atomic E-state index is 13.1. The smallest absolute Gasteiger partial charge is 0.331 e. The quantitative estimate of drug-likeness (QED) is 0.832. The van der Waals surface area contributed by atoms with E-state index in [4.69, 9.17) is 5.26 Å². The number of rotatable bonds is 6. The highest BCUT2D eigenvalue weighted by Gasteiger charge is 2.20. The van der Waals surface area contributed by atoms with Gasteiger partial charge in [-0.3, -0.25) is 14.2 Å². The van der Waals surface area contributed by atoms with E-state index in [1.807, 2.05) is 13.8 Å². The molecule has 1 heterocycles. The Balaban J connectivity index is 2.31. The van der Waals surface area contributed by atoms with Crippen molar-refractivity contribution in [2.75, 3.05) is 0 Å². The Kier molecular flexibility index (Phi) is 6.29. The lowest BCUT2D eigenvalue weighted by Crippen LogP contribution is -2.45. The zero-order valence-corrected chi connectivity index (χ0v) is 15.4. The average molecular weight is 372 g/mol. The molecular formula is C19H21FN4O3. The van der Waals surface area contributed by atoms with Crippen LogP contribution in [0.5, 0.6) is 0 Å². The number of benzene rings is 1. The molecule has 0 spiro atoms. The third-order valence-electron chi connectivity index (χ3n) is 4.21. The Morgan fingerprint density at radius 1 is 1.26 bits per heavy atom. The summed E-state index contributed by atoms with van der Waals surface area (Å²) < 4.78 is 15.1. The van der Waals surface area contributed by atoms with Crippen molar-refractivity contribution in [2.24, 2.45) is 5.92 Å². The molecule has 0 radical (unpaired) electrons. The van der Waals surface area contributed by atoms with Gasteiger partial charge in [-0.1, -0.05) is 26.0 Å². The molecular weight excluding hydrogens is 351 g/mol. The van der Waals surface area contributed by atoms with Crippen LogP contribution >= 0.6 is 0 Å². The van der Waals surface area contributed by atoms with Gasteiger partial charge in [0.05, 0.1) is 6.04 Å². The van der Waals surface area contributed by atoms with Crippen LogP contribution in [0.25, 0.3) is 0 Å². The van der Waals surface area contributed by atoms with Crippen LogP contribution in [0.1, 0.15) is 37.9 Å².